The Morgan fingerprint density at radius 2 is 1.80 bits per heavy atom. The van der Waals surface area contributed by atoms with Crippen molar-refractivity contribution in [2.24, 2.45) is 0 Å². The van der Waals surface area contributed by atoms with Gasteiger partial charge in [-0.3, -0.25) is 4.79 Å². The predicted molar refractivity (Wildman–Crippen MR) is 121 cm³/mol. The first kappa shape index (κ1) is 21.8. The number of aliphatic hydroxyl groups excluding tert-OH is 1. The van der Waals surface area contributed by atoms with E-state index in [0.29, 0.717) is 33.5 Å². The molecule has 0 fully saturated rings. The van der Waals surface area contributed by atoms with Crippen molar-refractivity contribution in [2.75, 3.05) is 33.7 Å². The zero-order valence-electron chi connectivity index (χ0n) is 17.4. The molecule has 0 unspecified atom stereocenters. The van der Waals surface area contributed by atoms with Crippen LogP contribution in [0.4, 0.5) is 0 Å². The maximum Gasteiger partial charge on any atom is 0.203 e. The van der Waals surface area contributed by atoms with E-state index in [2.05, 4.69) is 11.1 Å². The smallest absolute Gasteiger partial charge is 0.203 e. The number of methoxy groups -OCH3 is 3. The molecule has 1 heterocycles. The molecule has 0 aliphatic heterocycles. The number of carbonyl (C=O) groups is 1. The summed E-state index contributed by atoms with van der Waals surface area (Å²) in [7, 11) is 4.54. The molecule has 0 radical (unpaired) electrons. The number of thioether (sulfide) groups is 1. The third-order valence-corrected chi connectivity index (χ3v) is 5.66. The lowest BCUT2D eigenvalue weighted by molar-refractivity contribution is 0.104. The van der Waals surface area contributed by atoms with Crippen LogP contribution in [-0.2, 0) is 0 Å². The summed E-state index contributed by atoms with van der Waals surface area (Å²) < 4.78 is 16.1. The number of aryl methyl sites for hydroxylation is 1. The highest BCUT2D eigenvalue weighted by molar-refractivity contribution is 8.04. The van der Waals surface area contributed by atoms with E-state index in [9.17, 15) is 9.90 Å². The van der Waals surface area contributed by atoms with Gasteiger partial charge in [-0.05, 0) is 36.8 Å². The van der Waals surface area contributed by atoms with Gasteiger partial charge in [0.05, 0.1) is 32.8 Å². The number of hydrogen-bond acceptors (Lipinski definition) is 6. The highest BCUT2D eigenvalue weighted by atomic mass is 32.2. The molecular weight excluding hydrogens is 402 g/mol. The molecule has 0 aliphatic carbocycles. The van der Waals surface area contributed by atoms with E-state index in [0.717, 1.165) is 22.0 Å². The second kappa shape index (κ2) is 9.73. The molecule has 7 heteroatoms. The van der Waals surface area contributed by atoms with Crippen molar-refractivity contribution in [1.29, 1.82) is 0 Å². The first-order chi connectivity index (χ1) is 14.5. The fraction of sp³-hybridized carbons (Fsp3) is 0.261. The molecule has 0 saturated heterocycles. The topological polar surface area (TPSA) is 80.8 Å². The number of aliphatic hydroxyl groups is 1. The van der Waals surface area contributed by atoms with Crippen LogP contribution >= 0.6 is 11.8 Å². The van der Waals surface area contributed by atoms with Crippen molar-refractivity contribution in [1.82, 2.24) is 4.98 Å². The van der Waals surface area contributed by atoms with Crippen LogP contribution in [0.3, 0.4) is 0 Å². The van der Waals surface area contributed by atoms with E-state index in [4.69, 9.17) is 14.2 Å². The molecule has 0 bridgehead atoms. The van der Waals surface area contributed by atoms with Crippen molar-refractivity contribution in [3.05, 3.63) is 58.1 Å². The number of ketones is 1. The van der Waals surface area contributed by atoms with Crippen molar-refractivity contribution in [3.63, 3.8) is 0 Å². The fourth-order valence-electron chi connectivity index (χ4n) is 3.21. The van der Waals surface area contributed by atoms with E-state index >= 15 is 0 Å². The molecule has 30 heavy (non-hydrogen) atoms. The lowest BCUT2D eigenvalue weighted by Gasteiger charge is -2.14. The van der Waals surface area contributed by atoms with E-state index in [1.165, 1.54) is 33.1 Å². The summed E-state index contributed by atoms with van der Waals surface area (Å²) in [5.41, 5.74) is 3.49. The fourth-order valence-corrected chi connectivity index (χ4v) is 3.98. The van der Waals surface area contributed by atoms with E-state index < -0.39 is 0 Å². The molecule has 0 saturated carbocycles. The molecule has 1 aromatic heterocycles. The second-order valence-electron chi connectivity index (χ2n) is 6.62. The molecule has 0 spiro atoms. The Kier molecular flexibility index (Phi) is 7.07. The van der Waals surface area contributed by atoms with Gasteiger partial charge in [-0.15, -0.1) is 11.8 Å². The number of rotatable bonds is 9. The summed E-state index contributed by atoms with van der Waals surface area (Å²) in [5, 5.41) is 10.3. The Balaban J connectivity index is 2.07. The Morgan fingerprint density at radius 1 is 1.10 bits per heavy atom. The molecule has 3 aromatic rings. The molecule has 2 aromatic carbocycles. The van der Waals surface area contributed by atoms with Gasteiger partial charge >= 0.3 is 0 Å². The molecular formula is C23H25NO5S. The third-order valence-electron chi connectivity index (χ3n) is 4.66. The van der Waals surface area contributed by atoms with E-state index in [-0.39, 0.29) is 12.4 Å². The number of aromatic nitrogens is 1. The lowest BCUT2D eigenvalue weighted by Crippen LogP contribution is -2.05. The summed E-state index contributed by atoms with van der Waals surface area (Å²) in [6.45, 7) is 2.00. The number of Topliss-reactive ketones (excluding diaryl/α,β-unsaturated/α-hetero) is 1. The number of benzene rings is 2. The van der Waals surface area contributed by atoms with Crippen LogP contribution in [0, 0.1) is 6.92 Å². The highest BCUT2D eigenvalue weighted by Gasteiger charge is 2.20. The quantitative estimate of drug-likeness (QED) is 0.388. The van der Waals surface area contributed by atoms with E-state index in [1.54, 1.807) is 12.1 Å². The average molecular weight is 428 g/mol. The Hall–Kier alpha value is -2.90. The summed E-state index contributed by atoms with van der Waals surface area (Å²) in [6.07, 6.45) is 3.73. The number of ether oxygens (including phenoxy) is 3. The monoisotopic (exact) mass is 427 g/mol. The Bertz CT molecular complexity index is 1060. The van der Waals surface area contributed by atoms with Crippen molar-refractivity contribution in [3.8, 4) is 17.2 Å². The highest BCUT2D eigenvalue weighted by Crippen LogP contribution is 2.39. The zero-order chi connectivity index (χ0) is 21.7. The zero-order valence-corrected chi connectivity index (χ0v) is 18.3. The summed E-state index contributed by atoms with van der Waals surface area (Å²) in [5.74, 6) is 1.47. The van der Waals surface area contributed by atoms with Gasteiger partial charge in [0, 0.05) is 34.0 Å². The number of nitrogens with one attached hydrogen (secondary N) is 1. The van der Waals surface area contributed by atoms with Crippen LogP contribution in [-0.4, -0.2) is 49.6 Å². The van der Waals surface area contributed by atoms with Crippen LogP contribution in [0.2, 0.25) is 0 Å². The van der Waals surface area contributed by atoms with Crippen LogP contribution < -0.4 is 14.2 Å². The van der Waals surface area contributed by atoms with Crippen molar-refractivity contribution in [2.45, 2.75) is 6.92 Å². The van der Waals surface area contributed by atoms with Crippen LogP contribution in [0.15, 0.2) is 41.4 Å². The molecule has 0 aliphatic rings. The van der Waals surface area contributed by atoms with Crippen molar-refractivity contribution < 1.29 is 24.1 Å². The first-order valence-corrected chi connectivity index (χ1v) is 10.4. The third kappa shape index (κ3) is 4.47. The maximum atomic E-state index is 13.4. The maximum absolute atomic E-state index is 13.4. The van der Waals surface area contributed by atoms with Gasteiger partial charge in [-0.1, -0.05) is 12.1 Å². The number of carbonyl (C=O) groups excluding carboxylic acids is 1. The normalized spacial score (nSPS) is 11.6. The van der Waals surface area contributed by atoms with Gasteiger partial charge in [0.15, 0.2) is 17.3 Å². The Labute approximate surface area is 179 Å². The van der Waals surface area contributed by atoms with Gasteiger partial charge in [0.2, 0.25) is 5.75 Å². The van der Waals surface area contributed by atoms with Gasteiger partial charge in [-0.2, -0.15) is 0 Å². The summed E-state index contributed by atoms with van der Waals surface area (Å²) >= 11 is 1.31. The molecule has 6 nitrogen and oxygen atoms in total. The molecule has 0 amide bonds. The lowest BCUT2D eigenvalue weighted by atomic mass is 10.1. The number of fused-ring (bicyclic) bond motifs is 1. The molecule has 3 rings (SSSR count). The van der Waals surface area contributed by atoms with Crippen molar-refractivity contribution >= 4 is 34.5 Å². The minimum Gasteiger partial charge on any atom is -0.493 e. The van der Waals surface area contributed by atoms with Gasteiger partial charge in [-0.25, -0.2) is 0 Å². The van der Waals surface area contributed by atoms with Gasteiger partial charge in [0.25, 0.3) is 0 Å². The number of H-pyrrole nitrogens is 1. The summed E-state index contributed by atoms with van der Waals surface area (Å²) in [4.78, 5) is 17.1. The van der Waals surface area contributed by atoms with Crippen LogP contribution in [0.1, 0.15) is 21.5 Å². The number of hydrogen-bond donors (Lipinski definition) is 2. The van der Waals surface area contributed by atoms with Gasteiger partial charge < -0.3 is 24.3 Å². The minimum absolute atomic E-state index is 0.0301. The van der Waals surface area contributed by atoms with Crippen LogP contribution in [0.5, 0.6) is 17.2 Å². The van der Waals surface area contributed by atoms with E-state index in [1.807, 2.05) is 31.3 Å². The number of aromatic amines is 1. The summed E-state index contributed by atoms with van der Waals surface area (Å²) in [6, 6.07) is 9.40. The number of allylic oxidation sites excluding steroid dienone is 1. The first-order valence-electron chi connectivity index (χ1n) is 9.40. The predicted octanol–water partition coefficient (Wildman–Crippen LogP) is 4.45. The molecule has 0 atom stereocenters. The van der Waals surface area contributed by atoms with Gasteiger partial charge in [0.1, 0.15) is 0 Å². The second-order valence-corrected chi connectivity index (χ2v) is 7.75. The molecule has 158 valence electrons. The largest absolute Gasteiger partial charge is 0.493 e. The molecule has 2 N–H and O–H groups in total. The SMILES string of the molecule is COc1cc(C(=O)/C(=C/c2c[nH]c3cc(C)ccc23)SCCO)cc(OC)c1OC. The Morgan fingerprint density at radius 3 is 2.40 bits per heavy atom. The minimum atomic E-state index is -0.186. The average Bonchev–Trinajstić information content (AvgIpc) is 3.16. The van der Waals surface area contributed by atoms with Crippen LogP contribution in [0.25, 0.3) is 17.0 Å². The standard InChI is InChI=1S/C23H25NO5S/c1-14-5-6-17-16(13-24-18(17)9-14)12-21(30-8-7-25)22(26)15-10-19(27-2)23(29-4)20(11-15)28-3/h5-6,9-13,24-25H,7-8H2,1-4H3/b21-12-.